The van der Waals surface area contributed by atoms with Crippen LogP contribution in [0.25, 0.3) is 0 Å². The Morgan fingerprint density at radius 2 is 1.87 bits per heavy atom. The Morgan fingerprint density at radius 3 is 2.42 bits per heavy atom. The van der Waals surface area contributed by atoms with Crippen molar-refractivity contribution in [3.05, 3.63) is 38.9 Å². The number of likely N-dealkylation sites (N-methyl/N-ethyl adjacent to an activating group) is 1. The molecule has 0 aromatic heterocycles. The highest BCUT2D eigenvalue weighted by Gasteiger charge is 2.40. The Labute approximate surface area is 224 Å². The zero-order valence-electron chi connectivity index (χ0n) is 21.6. The molecule has 2 aliphatic rings. The maximum absolute atomic E-state index is 13.6. The number of nitrogens with one attached hydrogen (secondary N) is 2. The number of aliphatic carboxylic acids is 2. The maximum Gasteiger partial charge on any atom is 0.327 e. The van der Waals surface area contributed by atoms with E-state index in [-0.39, 0.29) is 46.1 Å². The number of aromatic hydroxyl groups is 1. The Bertz CT molecular complexity index is 1210. The molecule has 0 fully saturated rings. The van der Waals surface area contributed by atoms with Gasteiger partial charge in [0.15, 0.2) is 0 Å². The fourth-order valence-electron chi connectivity index (χ4n) is 4.70. The number of hydrogen-bond acceptors (Lipinski definition) is 9. The van der Waals surface area contributed by atoms with Gasteiger partial charge in [-0.2, -0.15) is 0 Å². The van der Waals surface area contributed by atoms with Crippen LogP contribution in [0.2, 0.25) is 0 Å². The molecule has 3 rings (SSSR count). The number of phenolic OH excluding ortho intramolecular Hbond substituents is 1. The number of carbonyl (C=O) groups is 5. The minimum Gasteiger partial charge on any atom is -0.507 e. The number of benzene rings is 1. The van der Waals surface area contributed by atoms with Crippen molar-refractivity contribution < 1.29 is 44.0 Å². The van der Waals surface area contributed by atoms with Crippen molar-refractivity contribution in [3.63, 3.8) is 0 Å². The van der Waals surface area contributed by atoms with Gasteiger partial charge in [0, 0.05) is 30.9 Å². The van der Waals surface area contributed by atoms with Gasteiger partial charge in [-0.1, -0.05) is 13.8 Å². The molecule has 0 bridgehead atoms. The van der Waals surface area contributed by atoms with Crippen LogP contribution in [-0.2, 0) is 25.5 Å². The lowest BCUT2D eigenvalue weighted by atomic mass is 9.82. The lowest BCUT2D eigenvalue weighted by Crippen LogP contribution is -2.41. The second kappa shape index (κ2) is 12.0. The van der Waals surface area contributed by atoms with E-state index in [0.717, 1.165) is 18.2 Å². The molecule has 5 N–H and O–H groups in total. The van der Waals surface area contributed by atoms with Crippen molar-refractivity contribution in [2.45, 2.75) is 64.7 Å². The van der Waals surface area contributed by atoms with Crippen LogP contribution < -0.4 is 10.6 Å². The molecule has 0 saturated carbocycles. The number of phenols is 1. The van der Waals surface area contributed by atoms with Crippen molar-refractivity contribution in [1.82, 2.24) is 10.6 Å². The van der Waals surface area contributed by atoms with Crippen molar-refractivity contribution >= 4 is 41.2 Å². The third-order valence-electron chi connectivity index (χ3n) is 6.41. The van der Waals surface area contributed by atoms with E-state index in [1.165, 1.54) is 20.0 Å². The van der Waals surface area contributed by atoms with E-state index in [9.17, 15) is 39.3 Å². The summed E-state index contributed by atoms with van der Waals surface area (Å²) in [4.78, 5) is 61.3. The number of thioether (sulfide) groups is 1. The number of rotatable bonds is 11. The molecular formula is C26H32N2O9S. The molecular weight excluding hydrogens is 516 g/mol. The number of amides is 1. The maximum atomic E-state index is 13.6. The lowest BCUT2D eigenvalue weighted by molar-refractivity contribution is -0.142. The van der Waals surface area contributed by atoms with Crippen LogP contribution in [0.15, 0.2) is 16.7 Å². The zero-order chi connectivity index (χ0) is 28.3. The highest BCUT2D eigenvalue weighted by molar-refractivity contribution is 8.04. The minimum absolute atomic E-state index is 0.0184. The molecule has 0 spiro atoms. The summed E-state index contributed by atoms with van der Waals surface area (Å²) in [5.41, 5.74) is 0.652. The molecule has 3 unspecified atom stereocenters. The van der Waals surface area contributed by atoms with Gasteiger partial charge >= 0.3 is 11.9 Å². The predicted molar refractivity (Wildman–Crippen MR) is 138 cm³/mol. The molecule has 3 atom stereocenters. The number of fused-ring (bicyclic) bond motifs is 2. The Hall–Kier alpha value is -3.38. The van der Waals surface area contributed by atoms with Crippen molar-refractivity contribution in [2.75, 3.05) is 12.8 Å². The summed E-state index contributed by atoms with van der Waals surface area (Å²) in [5, 5.41) is 35.1. The molecule has 1 aliphatic carbocycles. The number of carboxylic acids is 2. The van der Waals surface area contributed by atoms with Crippen LogP contribution in [0.5, 0.6) is 5.75 Å². The van der Waals surface area contributed by atoms with Gasteiger partial charge in [-0.25, -0.2) is 4.79 Å². The average Bonchev–Trinajstić information content (AvgIpc) is 2.81. The van der Waals surface area contributed by atoms with Crippen LogP contribution >= 0.6 is 11.8 Å². The van der Waals surface area contributed by atoms with Crippen LogP contribution in [-0.4, -0.2) is 69.7 Å². The molecule has 1 aliphatic heterocycles. The summed E-state index contributed by atoms with van der Waals surface area (Å²) < 4.78 is 6.05. The van der Waals surface area contributed by atoms with Gasteiger partial charge in [-0.15, -0.1) is 11.8 Å². The molecule has 0 saturated heterocycles. The van der Waals surface area contributed by atoms with Crippen molar-refractivity contribution in [2.24, 2.45) is 5.92 Å². The number of ketones is 2. The van der Waals surface area contributed by atoms with E-state index < -0.39 is 47.7 Å². The smallest absolute Gasteiger partial charge is 0.327 e. The standard InChI is InChI=1S/C26H32N2O9S/c1-11(2)5-6-17-19-13(7-14(37-17)9-18(30)31)8-15-20(23(19)33)24(34)25(21(27-4)22(15)32)38-10-16(26(35)36)28-12(3)29/h8,11,14,16-17,27,33H,5-7,9-10H2,1-4H3,(H,28,29)(H,30,31)(H,35,36). The lowest BCUT2D eigenvalue weighted by Gasteiger charge is -2.34. The summed E-state index contributed by atoms with van der Waals surface area (Å²) in [5.74, 6) is -4.42. The normalized spacial score (nSPS) is 19.6. The van der Waals surface area contributed by atoms with Gasteiger partial charge in [0.25, 0.3) is 0 Å². The summed E-state index contributed by atoms with van der Waals surface area (Å²) in [6, 6.07) is 0.227. The van der Waals surface area contributed by atoms with E-state index >= 15 is 0 Å². The first-order chi connectivity index (χ1) is 17.8. The van der Waals surface area contributed by atoms with Crippen LogP contribution in [0.3, 0.4) is 0 Å². The van der Waals surface area contributed by atoms with E-state index in [1.807, 2.05) is 13.8 Å². The number of allylic oxidation sites excluding steroid dienone is 2. The summed E-state index contributed by atoms with van der Waals surface area (Å²) >= 11 is 0.796. The van der Waals surface area contributed by atoms with Crippen molar-refractivity contribution in [1.29, 1.82) is 0 Å². The fraction of sp³-hybridized carbons (Fsp3) is 0.500. The predicted octanol–water partition coefficient (Wildman–Crippen LogP) is 2.42. The van der Waals surface area contributed by atoms with Gasteiger partial charge in [0.05, 0.1) is 29.1 Å². The molecule has 206 valence electrons. The molecule has 1 amide bonds. The molecule has 1 aromatic carbocycles. The SMILES string of the molecule is CNC1=C(SCC(NC(C)=O)C(=O)O)C(=O)c2c(cc3c(c2O)C(CCC(C)C)OC(CC(=O)O)C3)C1=O. The first kappa shape index (κ1) is 29.2. The monoisotopic (exact) mass is 548 g/mol. The van der Waals surface area contributed by atoms with Gasteiger partial charge in [-0.3, -0.25) is 19.2 Å². The van der Waals surface area contributed by atoms with Crippen LogP contribution in [0, 0.1) is 5.92 Å². The number of carboxylic acid groups (broad SMARTS) is 2. The number of Topliss-reactive ketones (excluding diaryl/α,β-unsaturated/α-hetero) is 2. The molecule has 0 radical (unpaired) electrons. The quantitative estimate of drug-likeness (QED) is 0.274. The first-order valence-electron chi connectivity index (χ1n) is 12.3. The van der Waals surface area contributed by atoms with Gasteiger partial charge < -0.3 is 30.7 Å². The summed E-state index contributed by atoms with van der Waals surface area (Å²) in [6.07, 6.45) is -0.219. The number of hydrogen-bond donors (Lipinski definition) is 5. The Kier molecular flexibility index (Phi) is 9.21. The zero-order valence-corrected chi connectivity index (χ0v) is 22.4. The average molecular weight is 549 g/mol. The largest absolute Gasteiger partial charge is 0.507 e. The van der Waals surface area contributed by atoms with Gasteiger partial charge in [-0.05, 0) is 36.8 Å². The molecule has 11 nitrogen and oxygen atoms in total. The molecule has 12 heteroatoms. The van der Waals surface area contributed by atoms with E-state index in [0.29, 0.717) is 23.5 Å². The topological polar surface area (TPSA) is 179 Å². The van der Waals surface area contributed by atoms with Crippen LogP contribution in [0.1, 0.15) is 78.0 Å². The third-order valence-corrected chi connectivity index (χ3v) is 7.59. The highest BCUT2D eigenvalue weighted by Crippen LogP contribution is 2.46. The van der Waals surface area contributed by atoms with Gasteiger partial charge in [0.2, 0.25) is 17.5 Å². The van der Waals surface area contributed by atoms with E-state index in [4.69, 9.17) is 4.74 Å². The van der Waals surface area contributed by atoms with Gasteiger partial charge in [0.1, 0.15) is 17.5 Å². The second-order valence-electron chi connectivity index (χ2n) is 9.76. The molecule has 38 heavy (non-hydrogen) atoms. The fourth-order valence-corrected chi connectivity index (χ4v) is 5.83. The molecule has 1 aromatic rings. The van der Waals surface area contributed by atoms with Crippen LogP contribution in [0.4, 0.5) is 0 Å². The second-order valence-corrected chi connectivity index (χ2v) is 10.8. The highest BCUT2D eigenvalue weighted by atomic mass is 32.2. The summed E-state index contributed by atoms with van der Waals surface area (Å²) in [7, 11) is 1.45. The summed E-state index contributed by atoms with van der Waals surface area (Å²) in [6.45, 7) is 5.21. The number of carbonyl (C=O) groups excluding carboxylic acids is 3. The number of ether oxygens (including phenoxy) is 1. The van der Waals surface area contributed by atoms with Crippen molar-refractivity contribution in [3.8, 4) is 5.75 Å². The Balaban J connectivity index is 2.06. The minimum atomic E-state index is -1.30. The Morgan fingerprint density at radius 1 is 1.18 bits per heavy atom. The van der Waals surface area contributed by atoms with E-state index in [2.05, 4.69) is 10.6 Å². The van der Waals surface area contributed by atoms with E-state index in [1.54, 1.807) is 0 Å². The molecule has 1 heterocycles. The first-order valence-corrected chi connectivity index (χ1v) is 13.2. The third kappa shape index (κ3) is 6.18.